The highest BCUT2D eigenvalue weighted by Gasteiger charge is 2.26. The van der Waals surface area contributed by atoms with Gasteiger partial charge in [-0.1, -0.05) is 0 Å². The molecule has 1 N–H and O–H groups in total. The molecule has 0 amide bonds. The normalized spacial score (nSPS) is 19.2. The lowest BCUT2D eigenvalue weighted by atomic mass is 10.2. The minimum atomic E-state index is -2.88. The fraction of sp³-hybridized carbons (Fsp3) is 0.350. The summed E-state index contributed by atoms with van der Waals surface area (Å²) in [5, 5.41) is 9.62. The standard InChI is InChI=1S/C20H20F2N2O5/c21-20(22)29-15-5-6-16-17(9-15)24(12-23-16)13-1-3-14(4-2-13)27-7-8-28-19-11-26-10-18(19)25/h1-6,9,12,18-20,25H,7-8,10-11H2. The molecule has 0 spiro atoms. The zero-order chi connectivity index (χ0) is 20.2. The molecule has 29 heavy (non-hydrogen) atoms. The molecule has 1 aliphatic heterocycles. The van der Waals surface area contributed by atoms with E-state index in [0.717, 1.165) is 5.69 Å². The molecular formula is C20H20F2N2O5. The number of imidazole rings is 1. The van der Waals surface area contributed by atoms with Gasteiger partial charge in [0.1, 0.15) is 36.6 Å². The smallest absolute Gasteiger partial charge is 0.387 e. The van der Waals surface area contributed by atoms with Crippen molar-refractivity contribution in [2.24, 2.45) is 0 Å². The number of nitrogens with zero attached hydrogens (tertiary/aromatic N) is 2. The Bertz CT molecular complexity index is 948. The third-order valence-electron chi connectivity index (χ3n) is 4.54. The number of rotatable bonds is 8. The van der Waals surface area contributed by atoms with Gasteiger partial charge >= 0.3 is 6.61 Å². The van der Waals surface area contributed by atoms with Gasteiger partial charge in [0, 0.05) is 11.8 Å². The van der Waals surface area contributed by atoms with Crippen molar-refractivity contribution in [3.8, 4) is 17.2 Å². The van der Waals surface area contributed by atoms with Crippen LogP contribution in [0.3, 0.4) is 0 Å². The molecule has 2 heterocycles. The number of hydrogen-bond acceptors (Lipinski definition) is 6. The minimum Gasteiger partial charge on any atom is -0.491 e. The van der Waals surface area contributed by atoms with Crippen molar-refractivity contribution in [3.05, 3.63) is 48.8 Å². The SMILES string of the molecule is OC1COCC1OCCOc1ccc(-n2cnc3ccc(OC(F)F)cc32)cc1. The predicted molar refractivity (Wildman–Crippen MR) is 99.8 cm³/mol. The predicted octanol–water partition coefficient (Wildman–Crippen LogP) is 2.78. The molecule has 3 aromatic rings. The molecule has 1 aromatic heterocycles. The largest absolute Gasteiger partial charge is 0.491 e. The van der Waals surface area contributed by atoms with Crippen LogP contribution in [0.15, 0.2) is 48.8 Å². The number of halogens is 2. The first-order valence-electron chi connectivity index (χ1n) is 9.13. The van der Waals surface area contributed by atoms with Gasteiger partial charge in [-0.15, -0.1) is 0 Å². The second-order valence-electron chi connectivity index (χ2n) is 6.50. The highest BCUT2D eigenvalue weighted by molar-refractivity contribution is 5.79. The maximum atomic E-state index is 12.5. The molecule has 2 aromatic carbocycles. The average molecular weight is 406 g/mol. The van der Waals surface area contributed by atoms with Gasteiger partial charge in [0.25, 0.3) is 0 Å². The van der Waals surface area contributed by atoms with Crippen molar-refractivity contribution in [3.63, 3.8) is 0 Å². The van der Waals surface area contributed by atoms with Gasteiger partial charge in [0.05, 0.1) is 30.9 Å². The van der Waals surface area contributed by atoms with Gasteiger partial charge in [-0.3, -0.25) is 4.57 Å². The summed E-state index contributed by atoms with van der Waals surface area (Å²) in [6, 6.07) is 11.9. The van der Waals surface area contributed by atoms with Gasteiger partial charge in [0.15, 0.2) is 0 Å². The molecule has 1 fully saturated rings. The van der Waals surface area contributed by atoms with E-state index in [0.29, 0.717) is 43.2 Å². The Balaban J connectivity index is 1.38. The van der Waals surface area contributed by atoms with E-state index in [2.05, 4.69) is 9.72 Å². The van der Waals surface area contributed by atoms with E-state index in [1.807, 2.05) is 12.1 Å². The number of ether oxygens (including phenoxy) is 4. The van der Waals surface area contributed by atoms with Crippen LogP contribution < -0.4 is 9.47 Å². The van der Waals surface area contributed by atoms with Gasteiger partial charge in [-0.25, -0.2) is 4.98 Å². The van der Waals surface area contributed by atoms with Crippen LogP contribution in [0.5, 0.6) is 11.5 Å². The quantitative estimate of drug-likeness (QED) is 0.580. The molecule has 0 radical (unpaired) electrons. The summed E-state index contributed by atoms with van der Waals surface area (Å²) in [6.45, 7) is -1.52. The van der Waals surface area contributed by atoms with Crippen molar-refractivity contribution in [1.82, 2.24) is 9.55 Å². The average Bonchev–Trinajstić information content (AvgIpc) is 3.31. The van der Waals surface area contributed by atoms with E-state index >= 15 is 0 Å². The monoisotopic (exact) mass is 406 g/mol. The number of alkyl halides is 2. The van der Waals surface area contributed by atoms with Gasteiger partial charge in [0.2, 0.25) is 0 Å². The van der Waals surface area contributed by atoms with Crippen LogP contribution in [0.1, 0.15) is 0 Å². The van der Waals surface area contributed by atoms with Crippen molar-refractivity contribution < 1.29 is 32.8 Å². The van der Waals surface area contributed by atoms with Crippen LogP contribution >= 0.6 is 0 Å². The fourth-order valence-electron chi connectivity index (χ4n) is 3.11. The zero-order valence-corrected chi connectivity index (χ0v) is 15.4. The molecule has 7 nitrogen and oxygen atoms in total. The topological polar surface area (TPSA) is 75.0 Å². The Kier molecular flexibility index (Phi) is 5.89. The molecule has 154 valence electrons. The summed E-state index contributed by atoms with van der Waals surface area (Å²) in [5.41, 5.74) is 2.13. The Morgan fingerprint density at radius 3 is 2.62 bits per heavy atom. The van der Waals surface area contributed by atoms with E-state index in [1.54, 1.807) is 29.1 Å². The maximum Gasteiger partial charge on any atom is 0.387 e. The van der Waals surface area contributed by atoms with Crippen molar-refractivity contribution >= 4 is 11.0 Å². The Morgan fingerprint density at radius 1 is 1.10 bits per heavy atom. The lowest BCUT2D eigenvalue weighted by Crippen LogP contribution is -2.28. The number of aliphatic hydroxyl groups is 1. The lowest BCUT2D eigenvalue weighted by molar-refractivity contribution is -0.0497. The van der Waals surface area contributed by atoms with E-state index in [4.69, 9.17) is 14.2 Å². The summed E-state index contributed by atoms with van der Waals surface area (Å²) < 4.78 is 47.5. The van der Waals surface area contributed by atoms with E-state index < -0.39 is 12.7 Å². The summed E-state index contributed by atoms with van der Waals surface area (Å²) in [6.07, 6.45) is 0.718. The van der Waals surface area contributed by atoms with E-state index in [9.17, 15) is 13.9 Å². The number of aromatic nitrogens is 2. The van der Waals surface area contributed by atoms with Gasteiger partial charge in [-0.2, -0.15) is 8.78 Å². The summed E-state index contributed by atoms with van der Waals surface area (Å²) in [7, 11) is 0. The van der Waals surface area contributed by atoms with E-state index in [1.165, 1.54) is 12.1 Å². The second kappa shape index (κ2) is 8.73. The molecule has 2 atom stereocenters. The molecule has 1 saturated heterocycles. The first-order chi connectivity index (χ1) is 14.1. The van der Waals surface area contributed by atoms with E-state index in [-0.39, 0.29) is 11.9 Å². The summed E-state index contributed by atoms with van der Waals surface area (Å²) in [5.74, 6) is 0.735. The highest BCUT2D eigenvalue weighted by Crippen LogP contribution is 2.25. The molecule has 1 aliphatic rings. The third-order valence-corrected chi connectivity index (χ3v) is 4.54. The molecule has 9 heteroatoms. The molecule has 0 aliphatic carbocycles. The Hall–Kier alpha value is -2.75. The number of hydrogen-bond donors (Lipinski definition) is 1. The van der Waals surface area contributed by atoms with Crippen LogP contribution in [-0.2, 0) is 9.47 Å². The minimum absolute atomic E-state index is 0.0759. The number of benzene rings is 2. The molecular weight excluding hydrogens is 386 g/mol. The van der Waals surface area contributed by atoms with Gasteiger partial charge in [-0.05, 0) is 36.4 Å². The number of fused-ring (bicyclic) bond motifs is 1. The Labute approximate surface area is 165 Å². The van der Waals surface area contributed by atoms with Crippen molar-refractivity contribution in [2.75, 3.05) is 26.4 Å². The second-order valence-corrected chi connectivity index (χ2v) is 6.50. The Morgan fingerprint density at radius 2 is 1.90 bits per heavy atom. The lowest BCUT2D eigenvalue weighted by Gasteiger charge is -2.14. The molecule has 4 rings (SSSR count). The zero-order valence-electron chi connectivity index (χ0n) is 15.4. The van der Waals surface area contributed by atoms with Crippen LogP contribution in [0.2, 0.25) is 0 Å². The molecule has 0 saturated carbocycles. The van der Waals surface area contributed by atoms with Gasteiger partial charge < -0.3 is 24.1 Å². The summed E-state index contributed by atoms with van der Waals surface area (Å²) in [4.78, 5) is 4.28. The number of aliphatic hydroxyl groups excluding tert-OH is 1. The molecule has 2 unspecified atom stereocenters. The highest BCUT2D eigenvalue weighted by atomic mass is 19.3. The third kappa shape index (κ3) is 4.64. The fourth-order valence-corrected chi connectivity index (χ4v) is 3.11. The first-order valence-corrected chi connectivity index (χ1v) is 9.13. The van der Waals surface area contributed by atoms with Crippen LogP contribution in [0.25, 0.3) is 16.7 Å². The summed E-state index contributed by atoms with van der Waals surface area (Å²) >= 11 is 0. The van der Waals surface area contributed by atoms with Crippen LogP contribution in [0.4, 0.5) is 8.78 Å². The van der Waals surface area contributed by atoms with Crippen LogP contribution in [0, 0.1) is 0 Å². The van der Waals surface area contributed by atoms with Crippen LogP contribution in [-0.4, -0.2) is 59.9 Å². The maximum absolute atomic E-state index is 12.5. The first kappa shape index (κ1) is 19.6. The molecule has 0 bridgehead atoms. The van der Waals surface area contributed by atoms with Crippen molar-refractivity contribution in [2.45, 2.75) is 18.8 Å². The van der Waals surface area contributed by atoms with Crippen molar-refractivity contribution in [1.29, 1.82) is 0 Å².